The number of carbonyl (C=O) groups is 2. The molecule has 9 heteroatoms. The average molecular weight is 397 g/mol. The number of benzene rings is 1. The van der Waals surface area contributed by atoms with Crippen molar-refractivity contribution >= 4 is 35.0 Å². The predicted molar refractivity (Wildman–Crippen MR) is 97.4 cm³/mol. The number of piperidine rings is 1. The summed E-state index contributed by atoms with van der Waals surface area (Å²) in [7, 11) is 0. The third-order valence-corrected chi connectivity index (χ3v) is 4.81. The van der Waals surface area contributed by atoms with E-state index in [0.29, 0.717) is 28.0 Å². The van der Waals surface area contributed by atoms with Crippen molar-refractivity contribution in [2.24, 2.45) is 5.73 Å². The number of carbonyl (C=O) groups excluding carboxylic acids is 2. The Morgan fingerprint density at radius 3 is 2.81 bits per heavy atom. The Bertz CT molecular complexity index is 824. The Morgan fingerprint density at radius 2 is 2.12 bits per heavy atom. The van der Waals surface area contributed by atoms with Gasteiger partial charge < -0.3 is 15.4 Å². The first-order chi connectivity index (χ1) is 12.5. The Morgan fingerprint density at radius 1 is 1.31 bits per heavy atom. The molecule has 1 saturated heterocycles. The van der Waals surface area contributed by atoms with Crippen LogP contribution in [0.4, 0.5) is 0 Å². The molecule has 1 aromatic carbocycles. The maximum Gasteiger partial charge on any atom is 0.269 e. The molecular weight excluding hydrogens is 379 g/mol. The maximum atomic E-state index is 12.7. The van der Waals surface area contributed by atoms with Gasteiger partial charge in [-0.05, 0) is 43.5 Å². The zero-order valence-electron chi connectivity index (χ0n) is 13.9. The zero-order valence-corrected chi connectivity index (χ0v) is 15.4. The first kappa shape index (κ1) is 18.5. The van der Waals surface area contributed by atoms with Gasteiger partial charge in [0, 0.05) is 11.6 Å². The first-order valence-electron chi connectivity index (χ1n) is 8.18. The van der Waals surface area contributed by atoms with Crippen molar-refractivity contribution in [1.82, 2.24) is 15.1 Å². The number of hydrogen-bond acceptors (Lipinski definition) is 4. The van der Waals surface area contributed by atoms with Crippen LogP contribution in [0.1, 0.15) is 41.5 Å². The number of aromatic amines is 1. The van der Waals surface area contributed by atoms with Gasteiger partial charge in [0.1, 0.15) is 11.4 Å². The van der Waals surface area contributed by atoms with Crippen molar-refractivity contribution < 1.29 is 14.3 Å². The molecular formula is C17H18Cl2N4O3. The highest BCUT2D eigenvalue weighted by molar-refractivity contribution is 6.35. The molecule has 1 aliphatic heterocycles. The van der Waals surface area contributed by atoms with E-state index >= 15 is 0 Å². The normalized spacial score (nSPS) is 17.2. The molecule has 0 radical (unpaired) electrons. The number of rotatable bonds is 5. The quantitative estimate of drug-likeness (QED) is 0.810. The molecule has 0 aliphatic carbocycles. The van der Waals surface area contributed by atoms with E-state index < -0.39 is 5.91 Å². The lowest BCUT2D eigenvalue weighted by molar-refractivity contribution is -0.137. The number of H-pyrrole nitrogens is 1. The van der Waals surface area contributed by atoms with Gasteiger partial charge in [0.2, 0.25) is 0 Å². The van der Waals surface area contributed by atoms with Crippen LogP contribution in [0.25, 0.3) is 0 Å². The minimum Gasteiger partial charge on any atom is -0.482 e. The molecule has 138 valence electrons. The largest absolute Gasteiger partial charge is 0.482 e. The standard InChI is InChI=1S/C17H18Cl2N4O3/c18-10-4-5-15(11(19)7-10)26-9-16(24)23-6-2-1-3-14(23)12-8-13(17(20)25)22-21-12/h4-5,7-8,14H,1-3,6,9H2,(H2,20,25)(H,21,22). The number of amides is 2. The van der Waals surface area contributed by atoms with Gasteiger partial charge in [0.15, 0.2) is 6.61 Å². The Hall–Kier alpha value is -2.25. The highest BCUT2D eigenvalue weighted by Gasteiger charge is 2.30. The number of likely N-dealkylation sites (tertiary alicyclic amines) is 1. The minimum atomic E-state index is -0.609. The molecule has 2 amide bonds. The smallest absolute Gasteiger partial charge is 0.269 e. The fraction of sp³-hybridized carbons (Fsp3) is 0.353. The van der Waals surface area contributed by atoms with E-state index in [4.69, 9.17) is 33.7 Å². The van der Waals surface area contributed by atoms with Crippen LogP contribution in [0.3, 0.4) is 0 Å². The molecule has 3 N–H and O–H groups in total. The summed E-state index contributed by atoms with van der Waals surface area (Å²) in [5.41, 5.74) is 6.09. The topological polar surface area (TPSA) is 101 Å². The van der Waals surface area contributed by atoms with Gasteiger partial charge in [-0.15, -0.1) is 0 Å². The molecule has 1 aliphatic rings. The van der Waals surface area contributed by atoms with E-state index in [1.807, 2.05) is 0 Å². The van der Waals surface area contributed by atoms with Crippen LogP contribution in [0.5, 0.6) is 5.75 Å². The van der Waals surface area contributed by atoms with E-state index in [1.165, 1.54) is 0 Å². The van der Waals surface area contributed by atoms with Gasteiger partial charge in [0.05, 0.1) is 16.8 Å². The van der Waals surface area contributed by atoms with Crippen molar-refractivity contribution in [3.05, 3.63) is 45.7 Å². The van der Waals surface area contributed by atoms with Gasteiger partial charge in [-0.25, -0.2) is 0 Å². The number of ether oxygens (including phenoxy) is 1. The number of nitrogens with two attached hydrogens (primary N) is 1. The van der Waals surface area contributed by atoms with Crippen LogP contribution in [-0.2, 0) is 4.79 Å². The fourth-order valence-electron chi connectivity index (χ4n) is 3.00. The minimum absolute atomic E-state index is 0.144. The number of primary amides is 1. The second-order valence-electron chi connectivity index (χ2n) is 6.03. The van der Waals surface area contributed by atoms with Crippen molar-refractivity contribution in [2.75, 3.05) is 13.2 Å². The number of aromatic nitrogens is 2. The third kappa shape index (κ3) is 4.11. The summed E-state index contributed by atoms with van der Waals surface area (Å²) in [6, 6.07) is 6.23. The molecule has 3 rings (SSSR count). The van der Waals surface area contributed by atoms with Gasteiger partial charge >= 0.3 is 0 Å². The summed E-state index contributed by atoms with van der Waals surface area (Å²) in [4.78, 5) is 25.7. The molecule has 26 heavy (non-hydrogen) atoms. The Balaban J connectivity index is 1.70. The van der Waals surface area contributed by atoms with E-state index in [0.717, 1.165) is 19.3 Å². The third-order valence-electron chi connectivity index (χ3n) is 4.28. The molecule has 2 aromatic rings. The number of nitrogens with zero attached hydrogens (tertiary/aromatic N) is 2. The summed E-state index contributed by atoms with van der Waals surface area (Å²) in [6.07, 6.45) is 2.65. The van der Waals surface area contributed by atoms with Gasteiger partial charge in [0.25, 0.3) is 11.8 Å². The van der Waals surface area contributed by atoms with Crippen LogP contribution < -0.4 is 10.5 Å². The van der Waals surface area contributed by atoms with Crippen molar-refractivity contribution in [2.45, 2.75) is 25.3 Å². The summed E-state index contributed by atoms with van der Waals surface area (Å²) in [5, 5.41) is 7.55. The number of nitrogens with one attached hydrogen (secondary N) is 1. The van der Waals surface area contributed by atoms with Crippen LogP contribution in [0, 0.1) is 0 Å². The van der Waals surface area contributed by atoms with Crippen LogP contribution in [0.15, 0.2) is 24.3 Å². The lowest BCUT2D eigenvalue weighted by Gasteiger charge is -2.35. The molecule has 1 atom stereocenters. The van der Waals surface area contributed by atoms with Gasteiger partial charge in [-0.1, -0.05) is 23.2 Å². The molecule has 2 heterocycles. The lowest BCUT2D eigenvalue weighted by atomic mass is 9.99. The summed E-state index contributed by atoms with van der Waals surface area (Å²) in [5.74, 6) is -0.381. The molecule has 7 nitrogen and oxygen atoms in total. The average Bonchev–Trinajstić information content (AvgIpc) is 3.11. The van der Waals surface area contributed by atoms with Gasteiger partial charge in [-0.3, -0.25) is 14.7 Å². The SMILES string of the molecule is NC(=O)c1cc(C2CCCCN2C(=O)COc2ccc(Cl)cc2Cl)[nH]n1. The second-order valence-corrected chi connectivity index (χ2v) is 6.88. The van der Waals surface area contributed by atoms with E-state index in [-0.39, 0.29) is 24.2 Å². The predicted octanol–water partition coefficient (Wildman–Crippen LogP) is 2.95. The Labute approximate surface area is 160 Å². The summed E-state index contributed by atoms with van der Waals surface area (Å²) < 4.78 is 5.55. The zero-order chi connectivity index (χ0) is 18.7. The van der Waals surface area contributed by atoms with Crippen molar-refractivity contribution in [3.63, 3.8) is 0 Å². The van der Waals surface area contributed by atoms with Crippen LogP contribution >= 0.6 is 23.2 Å². The molecule has 0 bridgehead atoms. The number of hydrogen-bond donors (Lipinski definition) is 2. The monoisotopic (exact) mass is 396 g/mol. The molecule has 0 saturated carbocycles. The van der Waals surface area contributed by atoms with Gasteiger partial charge in [-0.2, -0.15) is 5.10 Å². The van der Waals surface area contributed by atoms with E-state index in [9.17, 15) is 9.59 Å². The second kappa shape index (κ2) is 7.97. The van der Waals surface area contributed by atoms with Crippen molar-refractivity contribution in [1.29, 1.82) is 0 Å². The molecule has 1 unspecified atom stereocenters. The Kier molecular flexibility index (Phi) is 5.68. The van der Waals surface area contributed by atoms with E-state index in [1.54, 1.807) is 29.2 Å². The summed E-state index contributed by atoms with van der Waals surface area (Å²) in [6.45, 7) is 0.459. The first-order valence-corrected chi connectivity index (χ1v) is 8.93. The highest BCUT2D eigenvalue weighted by Crippen LogP contribution is 2.31. The van der Waals surface area contributed by atoms with Crippen LogP contribution in [0.2, 0.25) is 10.0 Å². The highest BCUT2D eigenvalue weighted by atomic mass is 35.5. The lowest BCUT2D eigenvalue weighted by Crippen LogP contribution is -2.41. The van der Waals surface area contributed by atoms with Crippen LogP contribution in [-0.4, -0.2) is 40.1 Å². The van der Waals surface area contributed by atoms with Crippen molar-refractivity contribution in [3.8, 4) is 5.75 Å². The molecule has 1 fully saturated rings. The van der Waals surface area contributed by atoms with E-state index in [2.05, 4.69) is 10.2 Å². The molecule has 1 aromatic heterocycles. The fourth-order valence-corrected chi connectivity index (χ4v) is 3.46. The number of halogens is 2. The maximum absolute atomic E-state index is 12.7. The molecule has 0 spiro atoms. The summed E-state index contributed by atoms with van der Waals surface area (Å²) >= 11 is 11.9.